The topological polar surface area (TPSA) is 44.8 Å². The molecule has 0 aromatic heterocycles. The summed E-state index contributed by atoms with van der Waals surface area (Å²) in [7, 11) is 0. The predicted octanol–water partition coefficient (Wildman–Crippen LogP) is 4.90. The van der Waals surface area contributed by atoms with Gasteiger partial charge < -0.3 is 0 Å². The van der Waals surface area contributed by atoms with Crippen LogP contribution < -0.4 is 0 Å². The van der Waals surface area contributed by atoms with Gasteiger partial charge >= 0.3 is 144 Å². The Bertz CT molecular complexity index is 325. The van der Waals surface area contributed by atoms with Crippen LogP contribution in [-0.4, -0.2) is 32.8 Å². The maximum atomic E-state index is 13.4. The summed E-state index contributed by atoms with van der Waals surface area (Å²) in [6.45, 7) is 0. The maximum absolute atomic E-state index is 13.4. The molecule has 3 rings (SSSR count). The zero-order valence-corrected chi connectivity index (χ0v) is 16.3. The molecule has 0 aliphatic heterocycles. The van der Waals surface area contributed by atoms with Gasteiger partial charge in [0.25, 0.3) is 0 Å². The normalized spacial score (nSPS) is 26.4. The van der Waals surface area contributed by atoms with Crippen LogP contribution in [0.4, 0.5) is 0 Å². The van der Waals surface area contributed by atoms with Gasteiger partial charge in [0.1, 0.15) is 0 Å². The Morgan fingerprint density at radius 2 is 0.739 bits per heavy atom. The van der Waals surface area contributed by atoms with Gasteiger partial charge in [0.15, 0.2) is 0 Å². The molecule has 0 heterocycles. The third-order valence-electron chi connectivity index (χ3n) is 5.49. The van der Waals surface area contributed by atoms with E-state index in [-0.39, 0.29) is 18.3 Å². The van der Waals surface area contributed by atoms with Crippen LogP contribution in [0.2, 0.25) is 0 Å². The van der Waals surface area contributed by atoms with Crippen molar-refractivity contribution in [3.63, 3.8) is 0 Å². The van der Waals surface area contributed by atoms with Gasteiger partial charge in [0.2, 0.25) is 0 Å². The average molecular weight is 388 g/mol. The third kappa shape index (κ3) is 5.92. The first kappa shape index (κ1) is 18.0. The summed E-state index contributed by atoms with van der Waals surface area (Å²) in [5, 5.41) is 0. The fraction of sp³-hybridized carbons (Fsp3) is 1.00. The quantitative estimate of drug-likeness (QED) is 0.607. The van der Waals surface area contributed by atoms with Gasteiger partial charge in [0, 0.05) is 0 Å². The van der Waals surface area contributed by atoms with E-state index in [0.29, 0.717) is 0 Å². The van der Waals surface area contributed by atoms with Crippen LogP contribution in [0.15, 0.2) is 0 Å². The number of hydrogen-bond donors (Lipinski definition) is 0. The second kappa shape index (κ2) is 9.08. The van der Waals surface area contributed by atoms with Gasteiger partial charge in [-0.05, 0) is 0 Å². The summed E-state index contributed by atoms with van der Waals surface area (Å²) >= 11 is -4.16. The second-order valence-electron chi connectivity index (χ2n) is 7.54. The van der Waals surface area contributed by atoms with E-state index in [0.717, 1.165) is 38.5 Å². The van der Waals surface area contributed by atoms with Crippen molar-refractivity contribution in [2.24, 2.45) is 0 Å². The van der Waals surface area contributed by atoms with Crippen molar-refractivity contribution in [2.75, 3.05) is 0 Å². The molecular weight excluding hydrogens is 355 g/mol. The Balaban J connectivity index is 1.61. The van der Waals surface area contributed by atoms with Crippen molar-refractivity contribution < 1.29 is 14.9 Å². The van der Waals surface area contributed by atoms with Gasteiger partial charge in [0.05, 0.1) is 0 Å². The summed E-state index contributed by atoms with van der Waals surface area (Å²) in [4.78, 5) is 0. The fourth-order valence-electron chi connectivity index (χ4n) is 4.13. The molecule has 4 nitrogen and oxygen atoms in total. The molecule has 0 bridgehead atoms. The van der Waals surface area contributed by atoms with Crippen molar-refractivity contribution in [2.45, 2.75) is 115 Å². The van der Waals surface area contributed by atoms with E-state index in [1.807, 2.05) is 0 Å². The van der Waals surface area contributed by atoms with Crippen LogP contribution in [0, 0.1) is 0 Å². The van der Waals surface area contributed by atoms with Crippen LogP contribution in [0.3, 0.4) is 0 Å². The average Bonchev–Trinajstić information content (AvgIpc) is 2.57. The monoisotopic (exact) mass is 388 g/mol. The Morgan fingerprint density at radius 3 is 1.00 bits per heavy atom. The molecule has 0 unspecified atom stereocenters. The second-order valence-corrected chi connectivity index (χ2v) is 10.7. The van der Waals surface area contributed by atoms with E-state index in [2.05, 4.69) is 0 Å². The van der Waals surface area contributed by atoms with Gasteiger partial charge in [-0.2, -0.15) is 0 Å². The van der Waals surface area contributed by atoms with E-state index in [1.165, 1.54) is 57.8 Å². The Labute approximate surface area is 144 Å². The zero-order chi connectivity index (χ0) is 16.0. The molecule has 3 fully saturated rings. The summed E-state index contributed by atoms with van der Waals surface area (Å²) in [6.07, 6.45) is 17.1. The minimum absolute atomic E-state index is 0.0842. The van der Waals surface area contributed by atoms with Crippen molar-refractivity contribution in [3.8, 4) is 0 Å². The van der Waals surface area contributed by atoms with Gasteiger partial charge in [-0.15, -0.1) is 0 Å². The molecule has 5 heteroatoms. The molecule has 0 amide bonds. The minimum atomic E-state index is -4.16. The van der Waals surface area contributed by atoms with Crippen molar-refractivity contribution >= 4 is 14.5 Å². The molecule has 0 aromatic carbocycles. The molecule has 0 atom stereocenters. The van der Waals surface area contributed by atoms with E-state index < -0.39 is 14.5 Å². The van der Waals surface area contributed by atoms with Gasteiger partial charge in [-0.25, -0.2) is 0 Å². The predicted molar refractivity (Wildman–Crippen MR) is 90.3 cm³/mol. The van der Waals surface area contributed by atoms with Crippen molar-refractivity contribution in [1.29, 1.82) is 0 Å². The molecule has 3 saturated carbocycles. The molecular formula is C18H33AsO4. The van der Waals surface area contributed by atoms with E-state index >= 15 is 0 Å². The van der Waals surface area contributed by atoms with E-state index in [4.69, 9.17) is 11.2 Å². The van der Waals surface area contributed by atoms with Crippen LogP contribution in [-0.2, 0) is 14.9 Å². The molecule has 3 aliphatic carbocycles. The summed E-state index contributed by atoms with van der Waals surface area (Å²) in [5.74, 6) is 0. The third-order valence-corrected chi connectivity index (χ3v) is 8.99. The SMILES string of the molecule is O=[As](OC1CCCCC1)(OC1CCCCC1)OC1CCCCC1. The van der Waals surface area contributed by atoms with E-state index in [9.17, 15) is 3.74 Å². The van der Waals surface area contributed by atoms with Crippen LogP contribution in [0.1, 0.15) is 96.3 Å². The zero-order valence-electron chi connectivity index (χ0n) is 14.4. The molecule has 0 radical (unpaired) electrons. The summed E-state index contributed by atoms with van der Waals surface area (Å²) < 4.78 is 31.6. The Morgan fingerprint density at radius 1 is 0.478 bits per heavy atom. The first-order valence-electron chi connectivity index (χ1n) is 9.89. The van der Waals surface area contributed by atoms with Crippen LogP contribution in [0.5, 0.6) is 0 Å². The first-order valence-corrected chi connectivity index (χ1v) is 13.0. The Kier molecular flexibility index (Phi) is 7.12. The molecule has 0 spiro atoms. The van der Waals surface area contributed by atoms with E-state index in [1.54, 1.807) is 0 Å². The standard InChI is InChI=1S/C18H33AsO4/c20-19(21-16-10-4-1-5-11-16,22-17-12-6-2-7-13-17)23-18-14-8-3-9-15-18/h16-18H,1-15H2. The first-order chi connectivity index (χ1) is 11.2. The molecule has 0 N–H and O–H groups in total. The fourth-order valence-corrected chi connectivity index (χ4v) is 8.07. The Hall–Kier alpha value is 0.238. The number of rotatable bonds is 6. The van der Waals surface area contributed by atoms with Crippen LogP contribution >= 0.6 is 0 Å². The van der Waals surface area contributed by atoms with Gasteiger partial charge in [-0.3, -0.25) is 0 Å². The summed E-state index contributed by atoms with van der Waals surface area (Å²) in [6, 6.07) is 0. The van der Waals surface area contributed by atoms with Crippen LogP contribution in [0.25, 0.3) is 0 Å². The molecule has 23 heavy (non-hydrogen) atoms. The van der Waals surface area contributed by atoms with Crippen molar-refractivity contribution in [1.82, 2.24) is 0 Å². The molecule has 3 aliphatic rings. The molecule has 0 saturated heterocycles. The van der Waals surface area contributed by atoms with Crippen molar-refractivity contribution in [3.05, 3.63) is 0 Å². The van der Waals surface area contributed by atoms with Gasteiger partial charge in [-0.1, -0.05) is 0 Å². The number of hydrogen-bond acceptors (Lipinski definition) is 4. The summed E-state index contributed by atoms with van der Waals surface area (Å²) in [5.41, 5.74) is 0. The molecule has 134 valence electrons. The molecule has 0 aromatic rings.